The first-order chi connectivity index (χ1) is 18.3. The maximum Gasteiger partial charge on any atom is 0.0549 e. The summed E-state index contributed by atoms with van der Waals surface area (Å²) in [4.78, 5) is 0. The molecule has 2 heteroatoms. The van der Waals surface area contributed by atoms with Gasteiger partial charge in [0, 0.05) is 21.5 Å². The van der Waals surface area contributed by atoms with Crippen molar-refractivity contribution < 1.29 is 0 Å². The molecule has 0 bridgehead atoms. The maximum absolute atomic E-state index is 2.49. The van der Waals surface area contributed by atoms with Crippen LogP contribution in [0, 0.1) is 41.5 Å². The first-order valence-corrected chi connectivity index (χ1v) is 13.5. The largest absolute Gasteiger partial charge is 0.309 e. The van der Waals surface area contributed by atoms with Crippen molar-refractivity contribution in [2.75, 3.05) is 0 Å². The van der Waals surface area contributed by atoms with Crippen LogP contribution in [0.15, 0.2) is 84.9 Å². The number of hydrogen-bond donors (Lipinski definition) is 0. The van der Waals surface area contributed by atoms with Crippen LogP contribution in [0.5, 0.6) is 0 Å². The first-order valence-electron chi connectivity index (χ1n) is 13.5. The van der Waals surface area contributed by atoms with Gasteiger partial charge in [0.1, 0.15) is 0 Å². The van der Waals surface area contributed by atoms with E-state index in [1.54, 1.807) is 0 Å². The van der Waals surface area contributed by atoms with Crippen LogP contribution < -0.4 is 0 Å². The van der Waals surface area contributed by atoms with E-state index < -0.39 is 0 Å². The second kappa shape index (κ2) is 8.10. The molecule has 0 spiro atoms. The molecular formula is C36H32N2. The lowest BCUT2D eigenvalue weighted by molar-refractivity contribution is 1.11. The number of rotatable bonds is 2. The molecule has 2 nitrogen and oxygen atoms in total. The van der Waals surface area contributed by atoms with Crippen LogP contribution in [0.25, 0.3) is 55.0 Å². The van der Waals surface area contributed by atoms with Gasteiger partial charge in [0.15, 0.2) is 0 Å². The molecule has 0 aliphatic heterocycles. The van der Waals surface area contributed by atoms with E-state index in [0.29, 0.717) is 0 Å². The van der Waals surface area contributed by atoms with Crippen molar-refractivity contribution in [1.29, 1.82) is 0 Å². The van der Waals surface area contributed by atoms with E-state index in [-0.39, 0.29) is 0 Å². The molecule has 2 heterocycles. The van der Waals surface area contributed by atoms with Gasteiger partial charge in [0.25, 0.3) is 0 Å². The summed E-state index contributed by atoms with van der Waals surface area (Å²) in [5.41, 5.74) is 15.4. The summed E-state index contributed by atoms with van der Waals surface area (Å²) in [5, 5.41) is 5.16. The molecule has 7 aromatic rings. The highest BCUT2D eigenvalue weighted by Crippen LogP contribution is 2.41. The minimum atomic E-state index is 1.25. The van der Waals surface area contributed by atoms with E-state index in [1.807, 2.05) is 0 Å². The van der Waals surface area contributed by atoms with Crippen molar-refractivity contribution >= 4 is 43.6 Å². The number of aromatic nitrogens is 2. The number of hydrogen-bond acceptors (Lipinski definition) is 0. The Bertz CT molecular complexity index is 1880. The highest BCUT2D eigenvalue weighted by Gasteiger charge is 2.21. The lowest BCUT2D eigenvalue weighted by atomic mass is 10.0. The average Bonchev–Trinajstić information content (AvgIpc) is 3.35. The lowest BCUT2D eigenvalue weighted by Crippen LogP contribution is -2.01. The van der Waals surface area contributed by atoms with E-state index in [4.69, 9.17) is 0 Å². The molecule has 0 amide bonds. The van der Waals surface area contributed by atoms with E-state index in [0.717, 1.165) is 0 Å². The van der Waals surface area contributed by atoms with Crippen molar-refractivity contribution in [3.63, 3.8) is 0 Å². The molecular weight excluding hydrogens is 460 g/mol. The topological polar surface area (TPSA) is 9.86 Å². The fourth-order valence-electron chi connectivity index (χ4n) is 6.96. The molecule has 38 heavy (non-hydrogen) atoms. The Morgan fingerprint density at radius 2 is 0.711 bits per heavy atom. The lowest BCUT2D eigenvalue weighted by Gasteiger charge is -2.16. The predicted octanol–water partition coefficient (Wildman–Crippen LogP) is 9.73. The number of aryl methyl sites for hydroxylation is 6. The third-order valence-corrected chi connectivity index (χ3v) is 8.18. The van der Waals surface area contributed by atoms with Gasteiger partial charge in [-0.2, -0.15) is 0 Å². The molecule has 0 fully saturated rings. The summed E-state index contributed by atoms with van der Waals surface area (Å²) in [6.45, 7) is 13.3. The summed E-state index contributed by atoms with van der Waals surface area (Å²) in [6.07, 6.45) is 0. The van der Waals surface area contributed by atoms with Gasteiger partial charge in [-0.1, -0.05) is 71.8 Å². The number of fused-ring (bicyclic) bond motifs is 6. The highest BCUT2D eigenvalue weighted by atomic mass is 15.0. The van der Waals surface area contributed by atoms with Gasteiger partial charge in [0.2, 0.25) is 0 Å². The Balaban J connectivity index is 1.70. The van der Waals surface area contributed by atoms with Crippen LogP contribution in [0.2, 0.25) is 0 Å². The third-order valence-electron chi connectivity index (χ3n) is 8.18. The van der Waals surface area contributed by atoms with Crippen molar-refractivity contribution in [1.82, 2.24) is 9.13 Å². The number of para-hydroxylation sites is 2. The van der Waals surface area contributed by atoms with E-state index in [9.17, 15) is 0 Å². The van der Waals surface area contributed by atoms with E-state index >= 15 is 0 Å². The molecule has 7 rings (SSSR count). The molecule has 2 aromatic heterocycles. The van der Waals surface area contributed by atoms with Crippen LogP contribution in [-0.4, -0.2) is 9.13 Å². The summed E-state index contributed by atoms with van der Waals surface area (Å²) in [5.74, 6) is 0. The third kappa shape index (κ3) is 3.13. The van der Waals surface area contributed by atoms with E-state index in [1.165, 1.54) is 88.4 Å². The summed E-state index contributed by atoms with van der Waals surface area (Å²) < 4.78 is 4.98. The Labute approximate surface area is 223 Å². The zero-order valence-corrected chi connectivity index (χ0v) is 23.0. The van der Waals surface area contributed by atoms with Gasteiger partial charge in [-0.3, -0.25) is 0 Å². The number of nitrogens with zero attached hydrogens (tertiary/aromatic N) is 2. The fraction of sp³-hybridized carbons (Fsp3) is 0.167. The molecule has 0 unspecified atom stereocenters. The smallest absolute Gasteiger partial charge is 0.0549 e. The Hall–Kier alpha value is -4.30. The molecule has 0 N–H and O–H groups in total. The van der Waals surface area contributed by atoms with Gasteiger partial charge in [-0.05, 0) is 88.1 Å². The summed E-state index contributed by atoms with van der Waals surface area (Å²) in [7, 11) is 0. The molecule has 0 aliphatic rings. The zero-order valence-electron chi connectivity index (χ0n) is 23.0. The van der Waals surface area contributed by atoms with Crippen molar-refractivity contribution in [2.24, 2.45) is 0 Å². The van der Waals surface area contributed by atoms with Crippen molar-refractivity contribution in [3.8, 4) is 11.4 Å². The van der Waals surface area contributed by atoms with Crippen molar-refractivity contribution in [2.45, 2.75) is 41.5 Å². The SMILES string of the molecule is Cc1cc(C)c(-n2c3ccccc3c3cc4c(cc32)c2ccccc2n4-c2c(C)cc(C)cc2C)c(C)c1. The van der Waals surface area contributed by atoms with Crippen molar-refractivity contribution in [3.05, 3.63) is 118 Å². The molecule has 186 valence electrons. The first kappa shape index (κ1) is 22.9. The minimum absolute atomic E-state index is 1.25. The molecule has 0 saturated carbocycles. The second-order valence-corrected chi connectivity index (χ2v) is 11.1. The van der Waals surface area contributed by atoms with E-state index in [2.05, 4.69) is 136 Å². The fourth-order valence-corrected chi connectivity index (χ4v) is 6.96. The summed E-state index contributed by atoms with van der Waals surface area (Å²) >= 11 is 0. The van der Waals surface area contributed by atoms with Gasteiger partial charge >= 0.3 is 0 Å². The monoisotopic (exact) mass is 492 g/mol. The zero-order chi connectivity index (χ0) is 26.3. The van der Waals surface area contributed by atoms with Crippen LogP contribution in [-0.2, 0) is 0 Å². The molecule has 0 radical (unpaired) electrons. The van der Waals surface area contributed by atoms with Crippen LogP contribution in [0.4, 0.5) is 0 Å². The average molecular weight is 493 g/mol. The summed E-state index contributed by atoms with van der Waals surface area (Å²) in [6, 6.07) is 31.8. The standard InChI is InChI=1S/C36H32N2/c1-21-15-23(3)35(24(4)16-21)37-31-13-9-7-11-27(31)29-20-34-30(19-33(29)37)28-12-8-10-14-32(28)38(34)36-25(5)17-22(2)18-26(36)6/h7-20H,1-6H3. The molecule has 5 aromatic carbocycles. The molecule has 0 aliphatic carbocycles. The molecule has 0 atom stereocenters. The van der Waals surface area contributed by atoms with Crippen LogP contribution >= 0.6 is 0 Å². The maximum atomic E-state index is 2.49. The number of benzene rings is 5. The van der Waals surface area contributed by atoms with Crippen LogP contribution in [0.1, 0.15) is 33.4 Å². The van der Waals surface area contributed by atoms with Gasteiger partial charge in [-0.25, -0.2) is 0 Å². The molecule has 0 saturated heterocycles. The Morgan fingerprint density at radius 1 is 0.368 bits per heavy atom. The Morgan fingerprint density at radius 3 is 1.08 bits per heavy atom. The van der Waals surface area contributed by atoms with Crippen LogP contribution in [0.3, 0.4) is 0 Å². The predicted molar refractivity (Wildman–Crippen MR) is 164 cm³/mol. The second-order valence-electron chi connectivity index (χ2n) is 11.1. The van der Waals surface area contributed by atoms with Gasteiger partial charge < -0.3 is 9.13 Å². The minimum Gasteiger partial charge on any atom is -0.309 e. The highest BCUT2D eigenvalue weighted by molar-refractivity contribution is 6.19. The quantitative estimate of drug-likeness (QED) is 0.227. The van der Waals surface area contributed by atoms with Gasteiger partial charge in [-0.15, -0.1) is 0 Å². The Kier molecular flexibility index (Phi) is 4.87. The normalized spacial score (nSPS) is 11.9. The van der Waals surface area contributed by atoms with Gasteiger partial charge in [0.05, 0.1) is 33.4 Å².